The van der Waals surface area contributed by atoms with Gasteiger partial charge < -0.3 is 25.1 Å². The molecule has 0 saturated carbocycles. The molecular weight excluding hydrogens is 509 g/mol. The van der Waals surface area contributed by atoms with Crippen molar-refractivity contribution in [1.82, 2.24) is 20.9 Å². The summed E-state index contributed by atoms with van der Waals surface area (Å²) in [6, 6.07) is 12.0. The number of ether oxygens (including phenoxy) is 1. The molecule has 0 unspecified atom stereocenters. The highest BCUT2D eigenvalue weighted by Crippen LogP contribution is 2.14. The van der Waals surface area contributed by atoms with Crippen molar-refractivity contribution in [3.05, 3.63) is 59.5 Å². The molecule has 2 heterocycles. The Hall–Kier alpha value is -2.11. The summed E-state index contributed by atoms with van der Waals surface area (Å²) in [6.45, 7) is 8.16. The minimum Gasteiger partial charge on any atom is -0.467 e. The van der Waals surface area contributed by atoms with E-state index >= 15 is 0 Å². The van der Waals surface area contributed by atoms with Gasteiger partial charge in [0.25, 0.3) is 0 Å². The normalized spacial score (nSPS) is 14.5. The van der Waals surface area contributed by atoms with Gasteiger partial charge in [0.2, 0.25) is 5.91 Å². The zero-order valence-corrected chi connectivity index (χ0v) is 20.3. The number of halogens is 1. The van der Waals surface area contributed by atoms with Gasteiger partial charge in [-0.25, -0.2) is 4.99 Å². The molecule has 1 saturated heterocycles. The number of furan rings is 1. The second-order valence-electron chi connectivity index (χ2n) is 7.06. The third-order valence-electron chi connectivity index (χ3n) is 4.82. The number of amides is 1. The summed E-state index contributed by atoms with van der Waals surface area (Å²) in [7, 11) is 0. The number of nitrogens with one attached hydrogen (secondary N) is 3. The van der Waals surface area contributed by atoms with Crippen molar-refractivity contribution in [2.24, 2.45) is 4.99 Å². The van der Waals surface area contributed by atoms with E-state index < -0.39 is 0 Å². The first-order chi connectivity index (χ1) is 14.7. The Kier molecular flexibility index (Phi) is 11.4. The van der Waals surface area contributed by atoms with Crippen LogP contribution in [0.5, 0.6) is 0 Å². The van der Waals surface area contributed by atoms with E-state index in [2.05, 4.69) is 44.0 Å². The zero-order chi connectivity index (χ0) is 21.0. The van der Waals surface area contributed by atoms with Crippen molar-refractivity contribution in [1.29, 1.82) is 0 Å². The second-order valence-corrected chi connectivity index (χ2v) is 7.06. The quantitative estimate of drug-likeness (QED) is 0.256. The fourth-order valence-electron chi connectivity index (χ4n) is 3.20. The average molecular weight is 541 g/mol. The van der Waals surface area contributed by atoms with Gasteiger partial charge in [-0.3, -0.25) is 9.69 Å². The van der Waals surface area contributed by atoms with Gasteiger partial charge in [0.1, 0.15) is 5.76 Å². The van der Waals surface area contributed by atoms with Crippen LogP contribution >= 0.6 is 24.0 Å². The number of aliphatic imine (C=N–C) groups is 1. The van der Waals surface area contributed by atoms with Crippen molar-refractivity contribution in [2.75, 3.05) is 39.4 Å². The summed E-state index contributed by atoms with van der Waals surface area (Å²) in [5, 5.41) is 9.10. The fourth-order valence-corrected chi connectivity index (χ4v) is 3.20. The third kappa shape index (κ3) is 8.88. The van der Waals surface area contributed by atoms with Gasteiger partial charge >= 0.3 is 0 Å². The molecule has 3 rings (SSSR count). The van der Waals surface area contributed by atoms with Crippen LogP contribution < -0.4 is 16.0 Å². The van der Waals surface area contributed by atoms with E-state index in [1.165, 1.54) is 11.1 Å². The number of hydrogen-bond acceptors (Lipinski definition) is 5. The number of carbonyl (C=O) groups excluding carboxylic acids is 1. The van der Waals surface area contributed by atoms with Crippen LogP contribution in [-0.4, -0.2) is 56.2 Å². The molecule has 1 fully saturated rings. The summed E-state index contributed by atoms with van der Waals surface area (Å²) in [5.41, 5.74) is 2.46. The molecular formula is C22H32IN5O3. The first-order valence-corrected chi connectivity index (χ1v) is 10.4. The monoisotopic (exact) mass is 541 g/mol. The molecule has 0 radical (unpaired) electrons. The lowest BCUT2D eigenvalue weighted by Crippen LogP contribution is -2.43. The molecule has 1 aliphatic rings. The van der Waals surface area contributed by atoms with Gasteiger partial charge in [-0.1, -0.05) is 24.3 Å². The summed E-state index contributed by atoms with van der Waals surface area (Å²) in [4.78, 5) is 19.2. The molecule has 8 nitrogen and oxygen atoms in total. The molecule has 0 spiro atoms. The largest absolute Gasteiger partial charge is 0.467 e. The van der Waals surface area contributed by atoms with Gasteiger partial charge in [0, 0.05) is 26.2 Å². The molecule has 0 aliphatic carbocycles. The van der Waals surface area contributed by atoms with E-state index in [0.717, 1.165) is 45.2 Å². The highest BCUT2D eigenvalue weighted by molar-refractivity contribution is 14.0. The van der Waals surface area contributed by atoms with Gasteiger partial charge in [0.15, 0.2) is 5.96 Å². The molecule has 0 atom stereocenters. The molecule has 9 heteroatoms. The maximum atomic E-state index is 12.1. The Morgan fingerprint density at radius 3 is 2.55 bits per heavy atom. The molecule has 31 heavy (non-hydrogen) atoms. The van der Waals surface area contributed by atoms with Crippen LogP contribution in [0.15, 0.2) is 52.1 Å². The molecule has 1 aromatic carbocycles. The number of benzene rings is 1. The lowest BCUT2D eigenvalue weighted by Gasteiger charge is -2.27. The molecule has 3 N–H and O–H groups in total. The average Bonchev–Trinajstić information content (AvgIpc) is 3.29. The lowest BCUT2D eigenvalue weighted by atomic mass is 10.1. The van der Waals surface area contributed by atoms with Crippen molar-refractivity contribution in [3.8, 4) is 0 Å². The zero-order valence-electron chi connectivity index (χ0n) is 17.9. The standard InChI is InChI=1S/C22H31N5O3.HI/c1-2-23-22(26-16-21(28)24-15-20-8-5-11-30-20)25-14-18-6-3-4-7-19(18)17-27-9-12-29-13-10-27;/h3-8,11H,2,9-10,12-17H2,1H3,(H,24,28)(H2,23,25,26);1H. The summed E-state index contributed by atoms with van der Waals surface area (Å²) < 4.78 is 10.7. The predicted octanol–water partition coefficient (Wildman–Crippen LogP) is 2.10. The number of guanidine groups is 1. The number of morpholine rings is 1. The number of carbonyl (C=O) groups is 1. The molecule has 1 amide bonds. The summed E-state index contributed by atoms with van der Waals surface area (Å²) in [5.74, 6) is 1.22. The Balaban J connectivity index is 0.00000341. The van der Waals surface area contributed by atoms with Crippen molar-refractivity contribution in [3.63, 3.8) is 0 Å². The minimum atomic E-state index is -0.121. The van der Waals surface area contributed by atoms with E-state index in [0.29, 0.717) is 19.0 Å². The Morgan fingerprint density at radius 1 is 1.06 bits per heavy atom. The summed E-state index contributed by atoms with van der Waals surface area (Å²) in [6.07, 6.45) is 1.59. The first-order valence-electron chi connectivity index (χ1n) is 10.4. The SMILES string of the molecule is CCNC(=NCc1ccccc1CN1CCOCC1)NCC(=O)NCc1ccco1.I. The van der Waals surface area contributed by atoms with Crippen LogP contribution in [0.25, 0.3) is 0 Å². The number of hydrogen-bond donors (Lipinski definition) is 3. The van der Waals surface area contributed by atoms with Crippen LogP contribution in [-0.2, 0) is 29.2 Å². The summed E-state index contributed by atoms with van der Waals surface area (Å²) >= 11 is 0. The van der Waals surface area contributed by atoms with Gasteiger partial charge in [0.05, 0.1) is 39.1 Å². The van der Waals surface area contributed by atoms with Gasteiger partial charge in [-0.2, -0.15) is 0 Å². The van der Waals surface area contributed by atoms with E-state index in [-0.39, 0.29) is 36.4 Å². The molecule has 0 bridgehead atoms. The van der Waals surface area contributed by atoms with Crippen LogP contribution in [0.4, 0.5) is 0 Å². The van der Waals surface area contributed by atoms with Crippen molar-refractivity contribution in [2.45, 2.75) is 26.6 Å². The van der Waals surface area contributed by atoms with Crippen LogP contribution in [0, 0.1) is 0 Å². The lowest BCUT2D eigenvalue weighted by molar-refractivity contribution is -0.120. The Morgan fingerprint density at radius 2 is 1.84 bits per heavy atom. The van der Waals surface area contributed by atoms with Crippen molar-refractivity contribution < 1.29 is 13.9 Å². The Bertz CT molecular complexity index is 807. The van der Waals surface area contributed by atoms with E-state index in [1.807, 2.05) is 19.1 Å². The molecule has 1 aromatic heterocycles. The van der Waals surface area contributed by atoms with E-state index in [9.17, 15) is 4.79 Å². The molecule has 2 aromatic rings. The van der Waals surface area contributed by atoms with Crippen LogP contribution in [0.2, 0.25) is 0 Å². The minimum absolute atomic E-state index is 0. The van der Waals surface area contributed by atoms with Crippen LogP contribution in [0.1, 0.15) is 23.8 Å². The maximum Gasteiger partial charge on any atom is 0.239 e. The number of nitrogens with zero attached hydrogens (tertiary/aromatic N) is 2. The third-order valence-corrected chi connectivity index (χ3v) is 4.82. The topological polar surface area (TPSA) is 91.1 Å². The Labute approximate surface area is 200 Å². The second kappa shape index (κ2) is 14.0. The van der Waals surface area contributed by atoms with E-state index in [1.54, 1.807) is 12.3 Å². The van der Waals surface area contributed by atoms with E-state index in [4.69, 9.17) is 9.15 Å². The highest BCUT2D eigenvalue weighted by atomic mass is 127. The molecule has 170 valence electrons. The van der Waals surface area contributed by atoms with Crippen LogP contribution in [0.3, 0.4) is 0 Å². The predicted molar refractivity (Wildman–Crippen MR) is 131 cm³/mol. The number of rotatable bonds is 9. The van der Waals surface area contributed by atoms with Gasteiger partial charge in [-0.05, 0) is 30.2 Å². The maximum absolute atomic E-state index is 12.1. The fraction of sp³-hybridized carbons (Fsp3) is 0.455. The smallest absolute Gasteiger partial charge is 0.239 e. The van der Waals surface area contributed by atoms with Gasteiger partial charge in [-0.15, -0.1) is 24.0 Å². The highest BCUT2D eigenvalue weighted by Gasteiger charge is 2.12. The van der Waals surface area contributed by atoms with Crippen molar-refractivity contribution >= 4 is 35.8 Å². The first kappa shape index (κ1) is 25.2. The molecule has 1 aliphatic heterocycles.